The van der Waals surface area contributed by atoms with Gasteiger partial charge >= 0.3 is 0 Å². The summed E-state index contributed by atoms with van der Waals surface area (Å²) in [5.41, 5.74) is 2.66. The zero-order chi connectivity index (χ0) is 21.9. The maximum Gasteiger partial charge on any atom is 0.244 e. The van der Waals surface area contributed by atoms with Gasteiger partial charge in [0.1, 0.15) is 17.9 Å². The van der Waals surface area contributed by atoms with E-state index in [1.165, 1.54) is 11.8 Å². The maximum absolute atomic E-state index is 13.5. The van der Waals surface area contributed by atoms with E-state index < -0.39 is 17.9 Å². The molecule has 5 atom stereocenters. The third-order valence-corrected chi connectivity index (χ3v) is 7.20. The van der Waals surface area contributed by atoms with E-state index in [0.717, 1.165) is 29.8 Å². The molecule has 0 spiro atoms. The summed E-state index contributed by atoms with van der Waals surface area (Å²) in [5, 5.41) is 0. The number of imide groups is 1. The minimum absolute atomic E-state index is 0.00217. The van der Waals surface area contributed by atoms with Crippen LogP contribution in [0.4, 0.5) is 5.69 Å². The monoisotopic (exact) mass is 417 g/mol. The molecule has 0 radical (unpaired) electrons. The van der Waals surface area contributed by atoms with Crippen molar-refractivity contribution < 1.29 is 24.1 Å². The molecule has 1 unspecified atom stereocenters. The van der Waals surface area contributed by atoms with Gasteiger partial charge in [0.2, 0.25) is 17.6 Å². The van der Waals surface area contributed by atoms with Crippen molar-refractivity contribution >= 4 is 29.1 Å². The minimum Gasteiger partial charge on any atom is -0.322 e. The van der Waals surface area contributed by atoms with Crippen LogP contribution in [0.1, 0.15) is 46.0 Å². The highest BCUT2D eigenvalue weighted by molar-refractivity contribution is 6.24. The average Bonchev–Trinajstić information content (AvgIpc) is 3.40. The topological polar surface area (TPSA) is 76.0 Å². The van der Waals surface area contributed by atoms with Gasteiger partial charge in [0.05, 0.1) is 12.2 Å². The molecule has 2 amide bonds. The number of amides is 2. The first kappa shape index (κ1) is 19.8. The molecule has 3 aliphatic rings. The summed E-state index contributed by atoms with van der Waals surface area (Å²) in [4.78, 5) is 54.4. The van der Waals surface area contributed by atoms with E-state index in [4.69, 9.17) is 0 Å². The number of aryl methyl sites for hydroxylation is 1. The normalized spacial score (nSPS) is 29.2. The average molecular weight is 417 g/mol. The van der Waals surface area contributed by atoms with Gasteiger partial charge in [0, 0.05) is 24.0 Å². The first-order valence-electron chi connectivity index (χ1n) is 10.8. The van der Waals surface area contributed by atoms with Gasteiger partial charge in [-0.25, -0.2) is 4.90 Å². The lowest BCUT2D eigenvalue weighted by Crippen LogP contribution is -3.16. The van der Waals surface area contributed by atoms with E-state index in [-0.39, 0.29) is 29.4 Å². The molecule has 5 rings (SSSR count). The number of quaternary nitrogens is 1. The fourth-order valence-electron chi connectivity index (χ4n) is 5.74. The van der Waals surface area contributed by atoms with Crippen LogP contribution in [0.25, 0.3) is 0 Å². The van der Waals surface area contributed by atoms with Crippen LogP contribution in [0.15, 0.2) is 48.5 Å². The first-order chi connectivity index (χ1) is 14.9. The number of hydrogen-bond acceptors (Lipinski definition) is 4. The van der Waals surface area contributed by atoms with Crippen LogP contribution in [0.3, 0.4) is 0 Å². The molecule has 3 saturated heterocycles. The molecule has 2 aromatic carbocycles. The van der Waals surface area contributed by atoms with Gasteiger partial charge in [-0.15, -0.1) is 0 Å². The second kappa shape index (κ2) is 7.24. The number of Topliss-reactive ketones (excluding diaryl/α,β-unsaturated/α-hetero) is 2. The lowest BCUT2D eigenvalue weighted by atomic mass is 9.85. The van der Waals surface area contributed by atoms with E-state index in [9.17, 15) is 19.2 Å². The van der Waals surface area contributed by atoms with Crippen molar-refractivity contribution in [3.8, 4) is 0 Å². The summed E-state index contributed by atoms with van der Waals surface area (Å²) >= 11 is 0. The minimum atomic E-state index is -0.630. The van der Waals surface area contributed by atoms with Crippen molar-refractivity contribution in [2.45, 2.75) is 38.8 Å². The van der Waals surface area contributed by atoms with Gasteiger partial charge < -0.3 is 4.90 Å². The van der Waals surface area contributed by atoms with Gasteiger partial charge in [-0.05, 0) is 38.1 Å². The Morgan fingerprint density at radius 3 is 2.16 bits per heavy atom. The van der Waals surface area contributed by atoms with E-state index in [1.54, 1.807) is 24.3 Å². The SMILES string of the molecule is CC(=O)c1ccc(N2C(=O)[C@H]3[C@H](C2=O)[C@@H](C(=O)c2ccc(C)cc2)[NH+]2CCC[C@H]32)cc1. The number of benzene rings is 2. The zero-order valence-corrected chi connectivity index (χ0v) is 17.6. The van der Waals surface area contributed by atoms with Gasteiger partial charge in [-0.3, -0.25) is 19.2 Å². The number of fused-ring (bicyclic) bond motifs is 3. The number of nitrogens with zero attached hydrogens (tertiary/aromatic N) is 1. The number of anilines is 1. The summed E-state index contributed by atoms with van der Waals surface area (Å²) in [7, 11) is 0. The molecule has 0 aliphatic carbocycles. The molecule has 158 valence electrons. The van der Waals surface area contributed by atoms with Crippen molar-refractivity contribution in [2.24, 2.45) is 11.8 Å². The summed E-state index contributed by atoms with van der Waals surface area (Å²) < 4.78 is 0. The highest BCUT2D eigenvalue weighted by Crippen LogP contribution is 2.40. The Hall–Kier alpha value is -3.12. The smallest absolute Gasteiger partial charge is 0.244 e. The maximum atomic E-state index is 13.5. The number of carbonyl (C=O) groups is 4. The standard InChI is InChI=1S/C25H24N2O4/c1-14-5-7-17(8-6-14)23(29)22-21-20(19-4-3-13-26(19)22)24(30)27(25(21)31)18-11-9-16(10-12-18)15(2)28/h5-12,19-22H,3-4,13H2,1-2H3/p+1/t19-,20-,21+,22+/m1/s1. The molecule has 31 heavy (non-hydrogen) atoms. The number of rotatable bonds is 4. The molecule has 0 saturated carbocycles. The van der Waals surface area contributed by atoms with Crippen LogP contribution in [0, 0.1) is 18.8 Å². The van der Waals surface area contributed by atoms with Gasteiger partial charge in [-0.1, -0.05) is 29.8 Å². The van der Waals surface area contributed by atoms with Crippen molar-refractivity contribution in [3.05, 3.63) is 65.2 Å². The van der Waals surface area contributed by atoms with Crippen molar-refractivity contribution in [1.29, 1.82) is 0 Å². The van der Waals surface area contributed by atoms with Crippen molar-refractivity contribution in [1.82, 2.24) is 0 Å². The molecule has 3 aliphatic heterocycles. The molecular weight excluding hydrogens is 392 g/mol. The second-order valence-corrected chi connectivity index (χ2v) is 8.95. The molecule has 2 aromatic rings. The predicted octanol–water partition coefficient (Wildman–Crippen LogP) is 1.62. The van der Waals surface area contributed by atoms with Gasteiger partial charge in [0.25, 0.3) is 0 Å². The lowest BCUT2D eigenvalue weighted by molar-refractivity contribution is -0.915. The molecule has 0 bridgehead atoms. The number of hydrogen-bond donors (Lipinski definition) is 1. The highest BCUT2D eigenvalue weighted by atomic mass is 16.2. The van der Waals surface area contributed by atoms with E-state index in [1.807, 2.05) is 31.2 Å². The predicted molar refractivity (Wildman–Crippen MR) is 114 cm³/mol. The Bertz CT molecular complexity index is 1090. The summed E-state index contributed by atoms with van der Waals surface area (Å²) in [6.07, 6.45) is 1.81. The van der Waals surface area contributed by atoms with Gasteiger partial charge in [0.15, 0.2) is 11.8 Å². The molecule has 0 aromatic heterocycles. The van der Waals surface area contributed by atoms with Crippen LogP contribution in [0.5, 0.6) is 0 Å². The van der Waals surface area contributed by atoms with Crippen molar-refractivity contribution in [3.63, 3.8) is 0 Å². The third-order valence-electron chi connectivity index (χ3n) is 7.20. The molecule has 6 nitrogen and oxygen atoms in total. The largest absolute Gasteiger partial charge is 0.322 e. The van der Waals surface area contributed by atoms with E-state index in [2.05, 4.69) is 0 Å². The molecule has 3 fully saturated rings. The zero-order valence-electron chi connectivity index (χ0n) is 17.6. The first-order valence-corrected chi connectivity index (χ1v) is 10.8. The summed E-state index contributed by atoms with van der Waals surface area (Å²) in [5.74, 6) is -1.72. The highest BCUT2D eigenvalue weighted by Gasteiger charge is 2.68. The lowest BCUT2D eigenvalue weighted by Gasteiger charge is -2.25. The third kappa shape index (κ3) is 2.97. The summed E-state index contributed by atoms with van der Waals surface area (Å²) in [6, 6.07) is 13.5. The number of nitrogens with one attached hydrogen (secondary N) is 1. The quantitative estimate of drug-likeness (QED) is 0.606. The Morgan fingerprint density at radius 1 is 0.903 bits per heavy atom. The number of ketones is 2. The van der Waals surface area contributed by atoms with E-state index in [0.29, 0.717) is 16.8 Å². The van der Waals surface area contributed by atoms with Gasteiger partial charge in [-0.2, -0.15) is 0 Å². The van der Waals surface area contributed by atoms with Crippen LogP contribution in [0.2, 0.25) is 0 Å². The molecule has 3 heterocycles. The van der Waals surface area contributed by atoms with Crippen molar-refractivity contribution in [2.75, 3.05) is 11.4 Å². The Balaban J connectivity index is 1.52. The number of carbonyl (C=O) groups excluding carboxylic acids is 4. The fraction of sp³-hybridized carbons (Fsp3) is 0.360. The molecule has 1 N–H and O–H groups in total. The van der Waals surface area contributed by atoms with Crippen LogP contribution in [-0.2, 0) is 9.59 Å². The fourth-order valence-corrected chi connectivity index (χ4v) is 5.74. The Morgan fingerprint density at radius 2 is 1.52 bits per heavy atom. The Labute approximate surface area is 180 Å². The molecular formula is C25H25N2O4+. The second-order valence-electron chi connectivity index (χ2n) is 8.95. The Kier molecular flexibility index (Phi) is 4.63. The van der Waals surface area contributed by atoms with Crippen LogP contribution in [-0.4, -0.2) is 42.0 Å². The summed E-state index contributed by atoms with van der Waals surface area (Å²) in [6.45, 7) is 4.26. The van der Waals surface area contributed by atoms with E-state index >= 15 is 0 Å². The molecule has 6 heteroatoms. The van der Waals surface area contributed by atoms with Crippen LogP contribution >= 0.6 is 0 Å². The van der Waals surface area contributed by atoms with Crippen LogP contribution < -0.4 is 9.80 Å².